The van der Waals surface area contributed by atoms with Crippen molar-refractivity contribution in [3.05, 3.63) is 0 Å². The van der Waals surface area contributed by atoms with E-state index < -0.39 is 11.7 Å². The number of ketones is 1. The molecular formula is C23H40BNO5. The molecular weight excluding hydrogens is 381 g/mol. The zero-order valence-corrected chi connectivity index (χ0v) is 20.0. The zero-order chi connectivity index (χ0) is 22.5. The van der Waals surface area contributed by atoms with Crippen molar-refractivity contribution in [2.45, 2.75) is 104 Å². The Bertz CT molecular complexity index is 673. The van der Waals surface area contributed by atoms with Gasteiger partial charge in [-0.05, 0) is 70.1 Å². The maximum absolute atomic E-state index is 12.7. The molecule has 3 saturated carbocycles. The topological polar surface area (TPSA) is 73.9 Å². The first kappa shape index (κ1) is 23.6. The Morgan fingerprint density at radius 1 is 1.20 bits per heavy atom. The van der Waals surface area contributed by atoms with E-state index in [-0.39, 0.29) is 37.0 Å². The van der Waals surface area contributed by atoms with Crippen LogP contribution in [0.25, 0.3) is 0 Å². The number of hydrogen-bond acceptors (Lipinski definition) is 5. The second-order valence-corrected chi connectivity index (χ2v) is 11.8. The summed E-state index contributed by atoms with van der Waals surface area (Å²) in [7, 11) is -0.358. The number of rotatable bonds is 7. The molecule has 0 aromatic carbocycles. The maximum Gasteiger partial charge on any atom is 0.461 e. The van der Waals surface area contributed by atoms with Crippen LogP contribution in [0.5, 0.6) is 0 Å². The Morgan fingerprint density at radius 3 is 2.43 bits per heavy atom. The van der Waals surface area contributed by atoms with E-state index in [1.54, 1.807) is 20.8 Å². The molecule has 1 heterocycles. The van der Waals surface area contributed by atoms with E-state index in [9.17, 15) is 9.59 Å². The van der Waals surface area contributed by atoms with Crippen LogP contribution in [-0.4, -0.2) is 42.8 Å². The Morgan fingerprint density at radius 2 is 1.87 bits per heavy atom. The number of nitrogens with one attached hydrogen (secondary N) is 1. The molecule has 2 bridgehead atoms. The van der Waals surface area contributed by atoms with E-state index in [1.165, 1.54) is 6.42 Å². The minimum absolute atomic E-state index is 0.0133. The first-order chi connectivity index (χ1) is 13.7. The molecule has 4 rings (SSSR count). The van der Waals surface area contributed by atoms with Crippen molar-refractivity contribution in [1.29, 1.82) is 0 Å². The zero-order valence-electron chi connectivity index (χ0n) is 20.0. The van der Waals surface area contributed by atoms with Crippen molar-refractivity contribution in [3.8, 4) is 0 Å². The number of carbonyl (C=O) groups is 2. The highest BCUT2D eigenvalue weighted by molar-refractivity contribution is 6.47. The number of carbonyl (C=O) groups excluding carboxylic acids is 2. The van der Waals surface area contributed by atoms with E-state index in [4.69, 9.17) is 14.0 Å². The van der Waals surface area contributed by atoms with Gasteiger partial charge >= 0.3 is 13.2 Å². The summed E-state index contributed by atoms with van der Waals surface area (Å²) in [5, 5.41) is 2.58. The molecule has 0 aromatic rings. The van der Waals surface area contributed by atoms with Crippen LogP contribution in [0.2, 0.25) is 5.82 Å². The maximum atomic E-state index is 12.7. The van der Waals surface area contributed by atoms with Gasteiger partial charge in [0.2, 0.25) is 0 Å². The van der Waals surface area contributed by atoms with Crippen molar-refractivity contribution in [1.82, 2.24) is 5.32 Å². The molecule has 1 amide bonds. The standard InChI is InChI=1S/C23H40BNO5/c1-14(2)9-16(12-17(26)13-25-20(27)28-21(3,4)5)24-29-19-11-15-10-18(22(15,6)7)23(19,8)30-24/h14-16,18-19H,9-13H2,1-8H3,(H,25,27)/t15-,16-,18-,19-,23+/m1/s1. The van der Waals surface area contributed by atoms with Gasteiger partial charge in [-0.3, -0.25) is 4.79 Å². The van der Waals surface area contributed by atoms with Gasteiger partial charge < -0.3 is 19.4 Å². The van der Waals surface area contributed by atoms with Crippen molar-refractivity contribution < 1.29 is 23.6 Å². The minimum atomic E-state index is -0.584. The summed E-state index contributed by atoms with van der Waals surface area (Å²) in [5.74, 6) is 1.59. The van der Waals surface area contributed by atoms with E-state index in [1.807, 2.05) is 0 Å². The third-order valence-electron chi connectivity index (χ3n) is 7.45. The highest BCUT2D eigenvalue weighted by atomic mass is 16.7. The molecule has 0 aromatic heterocycles. The molecule has 0 radical (unpaired) electrons. The lowest BCUT2D eigenvalue weighted by molar-refractivity contribution is -0.199. The molecule has 3 aliphatic carbocycles. The molecule has 1 aliphatic heterocycles. The van der Waals surface area contributed by atoms with Crippen LogP contribution in [-0.2, 0) is 18.8 Å². The molecule has 170 valence electrons. The molecule has 1 saturated heterocycles. The fourth-order valence-corrected chi connectivity index (χ4v) is 5.85. The Labute approximate surface area is 182 Å². The number of alkyl carbamates (subject to hydrolysis) is 1. The molecule has 30 heavy (non-hydrogen) atoms. The lowest BCUT2D eigenvalue weighted by Gasteiger charge is -2.64. The molecule has 4 fully saturated rings. The summed E-state index contributed by atoms with van der Waals surface area (Å²) in [6.07, 6.45) is 2.99. The average molecular weight is 421 g/mol. The molecule has 0 unspecified atom stereocenters. The van der Waals surface area contributed by atoms with Gasteiger partial charge in [-0.1, -0.05) is 27.7 Å². The first-order valence-corrected chi connectivity index (χ1v) is 11.5. The fourth-order valence-electron chi connectivity index (χ4n) is 5.85. The second-order valence-electron chi connectivity index (χ2n) is 11.8. The Hall–Kier alpha value is -1.08. The SMILES string of the molecule is CC(C)C[C@H](CC(=O)CNC(=O)OC(C)(C)C)B1O[C@@H]2C[C@H]3C[C@H](C3(C)C)[C@]2(C)O1. The molecule has 5 atom stereocenters. The predicted molar refractivity (Wildman–Crippen MR) is 117 cm³/mol. The van der Waals surface area contributed by atoms with Gasteiger partial charge in [-0.15, -0.1) is 0 Å². The minimum Gasteiger partial charge on any atom is -0.444 e. The quantitative estimate of drug-likeness (QED) is 0.608. The third kappa shape index (κ3) is 4.72. The van der Waals surface area contributed by atoms with Gasteiger partial charge in [0.15, 0.2) is 5.78 Å². The van der Waals surface area contributed by atoms with Crippen molar-refractivity contribution in [3.63, 3.8) is 0 Å². The molecule has 7 heteroatoms. The van der Waals surface area contributed by atoms with Gasteiger partial charge in [0.1, 0.15) is 5.60 Å². The van der Waals surface area contributed by atoms with Gasteiger partial charge in [0, 0.05) is 12.2 Å². The monoisotopic (exact) mass is 421 g/mol. The number of amides is 1. The average Bonchev–Trinajstić information content (AvgIpc) is 2.94. The highest BCUT2D eigenvalue weighted by Gasteiger charge is 2.68. The Kier molecular flexibility index (Phi) is 6.39. The van der Waals surface area contributed by atoms with E-state index >= 15 is 0 Å². The summed E-state index contributed by atoms with van der Waals surface area (Å²) < 4.78 is 18.3. The highest BCUT2D eigenvalue weighted by Crippen LogP contribution is 2.66. The summed E-state index contributed by atoms with van der Waals surface area (Å²) in [5.41, 5.74) is -0.556. The smallest absolute Gasteiger partial charge is 0.444 e. The normalized spacial score (nSPS) is 33.0. The van der Waals surface area contributed by atoms with Crippen LogP contribution in [0.4, 0.5) is 4.79 Å². The fraction of sp³-hybridized carbons (Fsp3) is 0.913. The first-order valence-electron chi connectivity index (χ1n) is 11.5. The van der Waals surface area contributed by atoms with Crippen molar-refractivity contribution in [2.75, 3.05) is 6.54 Å². The van der Waals surface area contributed by atoms with Crippen LogP contribution < -0.4 is 5.32 Å². The van der Waals surface area contributed by atoms with E-state index in [2.05, 4.69) is 39.9 Å². The molecule has 4 aliphatic rings. The van der Waals surface area contributed by atoms with Gasteiger partial charge in [-0.2, -0.15) is 0 Å². The summed E-state index contributed by atoms with van der Waals surface area (Å²) in [4.78, 5) is 24.5. The largest absolute Gasteiger partial charge is 0.461 e. The van der Waals surface area contributed by atoms with Crippen molar-refractivity contribution >= 4 is 19.0 Å². The summed E-state index contributed by atoms with van der Waals surface area (Å²) >= 11 is 0. The predicted octanol–water partition coefficient (Wildman–Crippen LogP) is 4.61. The molecule has 1 N–H and O–H groups in total. The molecule has 0 spiro atoms. The number of Topliss-reactive ketones (excluding diaryl/α,β-unsaturated/α-hetero) is 1. The van der Waals surface area contributed by atoms with Gasteiger partial charge in [-0.25, -0.2) is 4.79 Å². The molecule has 6 nitrogen and oxygen atoms in total. The van der Waals surface area contributed by atoms with E-state index in [0.29, 0.717) is 29.6 Å². The lowest BCUT2D eigenvalue weighted by atomic mass is 9.43. The van der Waals surface area contributed by atoms with Crippen LogP contribution in [0, 0.1) is 23.2 Å². The lowest BCUT2D eigenvalue weighted by Crippen LogP contribution is -2.65. The van der Waals surface area contributed by atoms with E-state index in [0.717, 1.165) is 12.8 Å². The number of ether oxygens (including phenoxy) is 1. The van der Waals surface area contributed by atoms with Crippen LogP contribution in [0.1, 0.15) is 81.1 Å². The van der Waals surface area contributed by atoms with Crippen LogP contribution in [0.15, 0.2) is 0 Å². The second kappa shape index (κ2) is 8.12. The summed E-state index contributed by atoms with van der Waals surface area (Å²) in [6.45, 7) is 16.6. The Balaban J connectivity index is 1.60. The summed E-state index contributed by atoms with van der Waals surface area (Å²) in [6, 6.07) is 0. The van der Waals surface area contributed by atoms with Gasteiger partial charge in [0.05, 0.1) is 18.2 Å². The van der Waals surface area contributed by atoms with Crippen molar-refractivity contribution in [2.24, 2.45) is 23.2 Å². The number of hydrogen-bond donors (Lipinski definition) is 1. The third-order valence-corrected chi connectivity index (χ3v) is 7.45. The van der Waals surface area contributed by atoms with Crippen LogP contribution >= 0.6 is 0 Å². The van der Waals surface area contributed by atoms with Crippen LogP contribution in [0.3, 0.4) is 0 Å². The van der Waals surface area contributed by atoms with Gasteiger partial charge in [0.25, 0.3) is 0 Å².